The van der Waals surface area contributed by atoms with Crippen molar-refractivity contribution in [2.75, 3.05) is 11.5 Å². The zero-order valence-electron chi connectivity index (χ0n) is 19.3. The summed E-state index contributed by atoms with van der Waals surface area (Å²) in [4.78, 5) is 45.9. The largest absolute Gasteiger partial charge is 0.494 e. The van der Waals surface area contributed by atoms with Gasteiger partial charge < -0.3 is 9.15 Å². The summed E-state index contributed by atoms with van der Waals surface area (Å²) in [7, 11) is 0. The van der Waals surface area contributed by atoms with Crippen molar-refractivity contribution in [2.24, 2.45) is 0 Å². The molecular formula is C26H21ClN2O5S. The van der Waals surface area contributed by atoms with E-state index in [4.69, 9.17) is 20.8 Å². The summed E-state index contributed by atoms with van der Waals surface area (Å²) in [6.45, 7) is 5.72. The van der Waals surface area contributed by atoms with Crippen molar-refractivity contribution in [3.05, 3.63) is 85.2 Å². The van der Waals surface area contributed by atoms with Gasteiger partial charge in [0, 0.05) is 11.9 Å². The van der Waals surface area contributed by atoms with Crippen molar-refractivity contribution in [3.8, 4) is 5.75 Å². The topological polar surface area (TPSA) is 89.7 Å². The van der Waals surface area contributed by atoms with Gasteiger partial charge in [0.2, 0.25) is 5.76 Å². The molecule has 1 aliphatic rings. The summed E-state index contributed by atoms with van der Waals surface area (Å²) >= 11 is 7.27. The first-order valence-electron chi connectivity index (χ1n) is 11.1. The Morgan fingerprint density at radius 3 is 2.74 bits per heavy atom. The van der Waals surface area contributed by atoms with E-state index in [2.05, 4.69) is 4.98 Å². The lowest BCUT2D eigenvalue weighted by atomic mass is 9.98. The molecule has 0 saturated carbocycles. The number of benzene rings is 2. The molecule has 1 atom stereocenters. The highest BCUT2D eigenvalue weighted by molar-refractivity contribution is 7.17. The predicted octanol–water partition coefficient (Wildman–Crippen LogP) is 5.95. The number of hydrogen-bond acceptors (Lipinski definition) is 7. The molecule has 0 spiro atoms. The molecule has 7 nitrogen and oxygen atoms in total. The number of ketones is 1. The van der Waals surface area contributed by atoms with Crippen LogP contribution in [0.5, 0.6) is 5.75 Å². The SMILES string of the molecule is CCCOc1cccc(C2c3c(oc4ccc(Cl)cc4c3=O)C(=O)N2c2nc(C)c(C(C)=O)s2)c1. The lowest BCUT2D eigenvalue weighted by molar-refractivity contribution is 0.0969. The summed E-state index contributed by atoms with van der Waals surface area (Å²) in [6, 6.07) is 11.2. The Balaban J connectivity index is 1.76. The molecule has 0 radical (unpaired) electrons. The Labute approximate surface area is 209 Å². The molecule has 9 heteroatoms. The van der Waals surface area contributed by atoms with Crippen LogP contribution in [0.4, 0.5) is 5.13 Å². The first-order chi connectivity index (χ1) is 16.8. The standard InChI is InChI=1S/C26H21ClN2O5S/c1-4-10-33-17-7-5-6-15(11-17)21-20-22(31)18-12-16(27)8-9-19(18)34-23(20)25(32)29(21)26-28-13(2)24(35-26)14(3)30/h5-9,11-12,21H,4,10H2,1-3H3. The fourth-order valence-corrected chi connectivity index (χ4v) is 5.42. The number of Topliss-reactive ketones (excluding diaryl/α,β-unsaturated/α-hetero) is 1. The molecule has 5 rings (SSSR count). The number of carbonyl (C=O) groups is 2. The minimum atomic E-state index is -0.812. The van der Waals surface area contributed by atoms with Gasteiger partial charge in [0.1, 0.15) is 11.3 Å². The monoisotopic (exact) mass is 508 g/mol. The van der Waals surface area contributed by atoms with Crippen LogP contribution >= 0.6 is 22.9 Å². The van der Waals surface area contributed by atoms with Gasteiger partial charge in [-0.2, -0.15) is 0 Å². The van der Waals surface area contributed by atoms with Crippen LogP contribution in [-0.2, 0) is 0 Å². The van der Waals surface area contributed by atoms with E-state index in [9.17, 15) is 14.4 Å². The molecule has 0 fully saturated rings. The van der Waals surface area contributed by atoms with Gasteiger partial charge in [0.05, 0.1) is 34.2 Å². The van der Waals surface area contributed by atoms with Crippen molar-refractivity contribution in [1.29, 1.82) is 0 Å². The van der Waals surface area contributed by atoms with Crippen LogP contribution in [0.3, 0.4) is 0 Å². The molecular weight excluding hydrogens is 488 g/mol. The lowest BCUT2D eigenvalue weighted by Gasteiger charge is -2.23. The maximum atomic E-state index is 13.7. The molecule has 1 unspecified atom stereocenters. The number of amides is 1. The van der Waals surface area contributed by atoms with Crippen molar-refractivity contribution in [3.63, 3.8) is 0 Å². The molecule has 3 heterocycles. The smallest absolute Gasteiger partial charge is 0.297 e. The fraction of sp³-hybridized carbons (Fsp3) is 0.231. The zero-order valence-corrected chi connectivity index (χ0v) is 20.8. The molecule has 178 valence electrons. The average Bonchev–Trinajstić information content (AvgIpc) is 3.36. The van der Waals surface area contributed by atoms with Gasteiger partial charge in [-0.1, -0.05) is 42.0 Å². The van der Waals surface area contributed by atoms with E-state index in [0.717, 1.165) is 17.8 Å². The second-order valence-corrected chi connectivity index (χ2v) is 9.69. The highest BCUT2D eigenvalue weighted by Gasteiger charge is 2.45. The Morgan fingerprint density at radius 2 is 2.03 bits per heavy atom. The van der Waals surface area contributed by atoms with Crippen LogP contribution in [0.15, 0.2) is 51.7 Å². The summed E-state index contributed by atoms with van der Waals surface area (Å²) in [5.41, 5.74) is 1.32. The molecule has 4 aromatic rings. The Kier molecular flexibility index (Phi) is 5.94. The third kappa shape index (κ3) is 3.92. The normalized spacial score (nSPS) is 15.0. The number of aromatic nitrogens is 1. The van der Waals surface area contributed by atoms with E-state index in [1.807, 2.05) is 31.2 Å². The first kappa shape index (κ1) is 23.3. The van der Waals surface area contributed by atoms with Crippen molar-refractivity contribution in [1.82, 2.24) is 4.98 Å². The molecule has 1 amide bonds. The number of rotatable bonds is 6. The number of carbonyl (C=O) groups excluding carboxylic acids is 2. The van der Waals surface area contributed by atoms with E-state index in [1.165, 1.54) is 17.9 Å². The molecule has 0 bridgehead atoms. The summed E-state index contributed by atoms with van der Waals surface area (Å²) in [6.07, 6.45) is 0.837. The maximum absolute atomic E-state index is 13.7. The average molecular weight is 509 g/mol. The zero-order chi connectivity index (χ0) is 24.9. The second-order valence-electron chi connectivity index (χ2n) is 8.28. The lowest BCUT2D eigenvalue weighted by Crippen LogP contribution is -2.29. The van der Waals surface area contributed by atoms with Crippen molar-refractivity contribution >= 4 is 50.7 Å². The highest BCUT2D eigenvalue weighted by atomic mass is 35.5. The minimum absolute atomic E-state index is 0.0491. The Bertz CT molecular complexity index is 1560. The van der Waals surface area contributed by atoms with Gasteiger partial charge in [-0.15, -0.1) is 0 Å². The van der Waals surface area contributed by atoms with Crippen LogP contribution in [0.2, 0.25) is 5.02 Å². The van der Waals surface area contributed by atoms with E-state index in [-0.39, 0.29) is 33.5 Å². The van der Waals surface area contributed by atoms with Gasteiger partial charge in [0.15, 0.2) is 16.3 Å². The van der Waals surface area contributed by atoms with E-state index >= 15 is 0 Å². The van der Waals surface area contributed by atoms with Crippen LogP contribution in [0, 0.1) is 6.92 Å². The van der Waals surface area contributed by atoms with Crippen LogP contribution < -0.4 is 15.1 Å². The van der Waals surface area contributed by atoms with Crippen LogP contribution in [0.25, 0.3) is 11.0 Å². The maximum Gasteiger partial charge on any atom is 0.297 e. The fourth-order valence-electron chi connectivity index (χ4n) is 4.26. The predicted molar refractivity (Wildman–Crippen MR) is 135 cm³/mol. The number of halogens is 1. The van der Waals surface area contributed by atoms with Crippen molar-refractivity contribution < 1.29 is 18.7 Å². The summed E-state index contributed by atoms with van der Waals surface area (Å²) < 4.78 is 11.8. The number of fused-ring (bicyclic) bond motifs is 2. The van der Waals surface area contributed by atoms with Crippen LogP contribution in [0.1, 0.15) is 63.4 Å². The van der Waals surface area contributed by atoms with Gasteiger partial charge in [-0.3, -0.25) is 19.3 Å². The number of thiazole rings is 1. The molecule has 0 saturated heterocycles. The summed E-state index contributed by atoms with van der Waals surface area (Å²) in [5.74, 6) is -0.0655. The van der Waals surface area contributed by atoms with Gasteiger partial charge in [-0.05, 0) is 49.2 Å². The van der Waals surface area contributed by atoms with Gasteiger partial charge in [0.25, 0.3) is 5.91 Å². The third-order valence-electron chi connectivity index (χ3n) is 5.79. The van der Waals surface area contributed by atoms with Gasteiger partial charge >= 0.3 is 0 Å². The molecule has 2 aromatic heterocycles. The summed E-state index contributed by atoms with van der Waals surface area (Å²) in [5, 5.41) is 0.989. The first-order valence-corrected chi connectivity index (χ1v) is 12.3. The minimum Gasteiger partial charge on any atom is -0.494 e. The third-order valence-corrected chi connectivity index (χ3v) is 7.28. The Morgan fingerprint density at radius 1 is 1.23 bits per heavy atom. The van der Waals surface area contributed by atoms with Gasteiger partial charge in [-0.25, -0.2) is 4.98 Å². The molecule has 1 aliphatic heterocycles. The van der Waals surface area contributed by atoms with E-state index < -0.39 is 11.9 Å². The molecule has 0 N–H and O–H groups in total. The van der Waals surface area contributed by atoms with E-state index in [1.54, 1.807) is 19.1 Å². The molecule has 0 aliphatic carbocycles. The number of hydrogen-bond donors (Lipinski definition) is 0. The second kappa shape index (κ2) is 8.94. The van der Waals surface area contributed by atoms with Crippen molar-refractivity contribution in [2.45, 2.75) is 33.2 Å². The number of ether oxygens (including phenoxy) is 1. The number of nitrogens with zero attached hydrogens (tertiary/aromatic N) is 2. The molecule has 2 aromatic carbocycles. The molecule has 35 heavy (non-hydrogen) atoms. The Hall–Kier alpha value is -3.49. The number of aryl methyl sites for hydroxylation is 1. The highest BCUT2D eigenvalue weighted by Crippen LogP contribution is 2.43. The van der Waals surface area contributed by atoms with Crippen LogP contribution in [-0.4, -0.2) is 23.3 Å². The van der Waals surface area contributed by atoms with E-state index in [0.29, 0.717) is 38.6 Å². The quantitative estimate of drug-likeness (QED) is 0.299. The number of anilines is 1.